The molecule has 1 amide bonds. The van der Waals surface area contributed by atoms with Gasteiger partial charge in [-0.2, -0.15) is 5.10 Å². The van der Waals surface area contributed by atoms with Gasteiger partial charge in [-0.05, 0) is 19.3 Å². The van der Waals surface area contributed by atoms with E-state index in [0.29, 0.717) is 19.2 Å². The third-order valence-corrected chi connectivity index (χ3v) is 3.11. The first kappa shape index (κ1) is 11.9. The van der Waals surface area contributed by atoms with Crippen molar-refractivity contribution < 1.29 is 9.53 Å². The predicted octanol–water partition coefficient (Wildman–Crippen LogP) is 0.482. The highest BCUT2D eigenvalue weighted by Crippen LogP contribution is 2.28. The van der Waals surface area contributed by atoms with Crippen molar-refractivity contribution in [3.05, 3.63) is 17.5 Å². The van der Waals surface area contributed by atoms with Crippen molar-refractivity contribution in [3.63, 3.8) is 0 Å². The van der Waals surface area contributed by atoms with Crippen molar-refractivity contribution in [2.24, 2.45) is 12.8 Å². The zero-order chi connectivity index (χ0) is 12.3. The summed E-state index contributed by atoms with van der Waals surface area (Å²) in [5.74, 6) is 0. The lowest BCUT2D eigenvalue weighted by Crippen LogP contribution is -2.29. The fraction of sp³-hybridized carbons (Fsp3) is 0.636. The van der Waals surface area contributed by atoms with Gasteiger partial charge in [-0.25, -0.2) is 4.79 Å². The van der Waals surface area contributed by atoms with Gasteiger partial charge in [0.05, 0.1) is 6.20 Å². The Labute approximate surface area is 100 Å². The lowest BCUT2D eigenvalue weighted by Gasteiger charge is -2.23. The normalized spacial score (nSPS) is 18.8. The van der Waals surface area contributed by atoms with E-state index in [0.717, 1.165) is 19.3 Å². The number of aryl methyl sites for hydroxylation is 1. The Bertz CT molecular complexity index is 402. The molecule has 1 aromatic rings. The summed E-state index contributed by atoms with van der Waals surface area (Å²) in [7, 11) is 1.97. The van der Waals surface area contributed by atoms with E-state index in [1.54, 1.807) is 0 Å². The number of nitrogens with zero attached hydrogens (tertiary/aromatic N) is 2. The molecule has 1 aliphatic carbocycles. The van der Waals surface area contributed by atoms with E-state index in [1.165, 1.54) is 11.3 Å². The molecule has 0 saturated carbocycles. The average molecular weight is 238 g/mol. The van der Waals surface area contributed by atoms with Gasteiger partial charge in [-0.1, -0.05) is 0 Å². The fourth-order valence-corrected chi connectivity index (χ4v) is 2.30. The Morgan fingerprint density at radius 1 is 1.76 bits per heavy atom. The Kier molecular flexibility index (Phi) is 3.63. The number of hydrogen-bond donors (Lipinski definition) is 2. The van der Waals surface area contributed by atoms with Crippen LogP contribution < -0.4 is 11.1 Å². The van der Waals surface area contributed by atoms with Crippen LogP contribution in [0.15, 0.2) is 6.20 Å². The number of amides is 1. The summed E-state index contributed by atoms with van der Waals surface area (Å²) in [6.45, 7) is 0.920. The molecule has 1 atom stereocenters. The third-order valence-electron chi connectivity index (χ3n) is 3.11. The van der Waals surface area contributed by atoms with Gasteiger partial charge in [-0.15, -0.1) is 0 Å². The zero-order valence-electron chi connectivity index (χ0n) is 9.98. The van der Waals surface area contributed by atoms with Crippen LogP contribution in [0.2, 0.25) is 0 Å². The maximum absolute atomic E-state index is 10.4. The van der Waals surface area contributed by atoms with Crippen LogP contribution in [0.25, 0.3) is 0 Å². The lowest BCUT2D eigenvalue weighted by atomic mass is 9.93. The molecular formula is C11H18N4O2. The molecule has 2 rings (SSSR count). The largest absolute Gasteiger partial charge is 0.448 e. The Hall–Kier alpha value is -1.56. The molecule has 0 aromatic carbocycles. The topological polar surface area (TPSA) is 82.2 Å². The fourth-order valence-electron chi connectivity index (χ4n) is 2.30. The van der Waals surface area contributed by atoms with Gasteiger partial charge in [0.1, 0.15) is 6.61 Å². The van der Waals surface area contributed by atoms with Gasteiger partial charge in [0.15, 0.2) is 0 Å². The molecule has 1 aromatic heterocycles. The van der Waals surface area contributed by atoms with Crippen molar-refractivity contribution in [2.45, 2.75) is 25.3 Å². The molecule has 0 aliphatic heterocycles. The summed E-state index contributed by atoms with van der Waals surface area (Å²) in [5.41, 5.74) is 7.45. The number of nitrogens with one attached hydrogen (secondary N) is 1. The number of nitrogens with two attached hydrogens (primary N) is 1. The van der Waals surface area contributed by atoms with Crippen molar-refractivity contribution in [1.29, 1.82) is 0 Å². The quantitative estimate of drug-likeness (QED) is 0.748. The molecule has 6 nitrogen and oxygen atoms in total. The summed E-state index contributed by atoms with van der Waals surface area (Å²) in [6, 6.07) is 0.309. The Balaban J connectivity index is 1.88. The number of primary amides is 1. The molecule has 94 valence electrons. The average Bonchev–Trinajstić information content (AvgIpc) is 2.67. The number of carbonyl (C=O) groups excluding carboxylic acids is 1. The molecule has 1 unspecified atom stereocenters. The van der Waals surface area contributed by atoms with E-state index in [4.69, 9.17) is 5.73 Å². The lowest BCUT2D eigenvalue weighted by molar-refractivity contribution is 0.155. The second kappa shape index (κ2) is 5.18. The van der Waals surface area contributed by atoms with E-state index >= 15 is 0 Å². The first-order valence-corrected chi connectivity index (χ1v) is 5.85. The van der Waals surface area contributed by atoms with Crippen LogP contribution in [0, 0.1) is 0 Å². The molecule has 0 bridgehead atoms. The van der Waals surface area contributed by atoms with Crippen LogP contribution in [0.4, 0.5) is 4.79 Å². The number of fused-ring (bicyclic) bond motifs is 1. The van der Waals surface area contributed by atoms with Gasteiger partial charge >= 0.3 is 6.09 Å². The summed E-state index contributed by atoms with van der Waals surface area (Å²) in [5, 5.41) is 7.64. The number of aromatic nitrogens is 2. The van der Waals surface area contributed by atoms with Crippen molar-refractivity contribution in [3.8, 4) is 0 Å². The molecule has 0 spiro atoms. The molecule has 1 aliphatic rings. The van der Waals surface area contributed by atoms with Gasteiger partial charge in [0.2, 0.25) is 0 Å². The number of carbonyl (C=O) groups is 1. The maximum Gasteiger partial charge on any atom is 0.404 e. The number of hydrogen-bond acceptors (Lipinski definition) is 4. The minimum Gasteiger partial charge on any atom is -0.448 e. The molecule has 6 heteroatoms. The molecule has 0 saturated heterocycles. The van der Waals surface area contributed by atoms with E-state index in [9.17, 15) is 4.79 Å². The molecular weight excluding hydrogens is 220 g/mol. The van der Waals surface area contributed by atoms with Gasteiger partial charge in [-0.3, -0.25) is 4.68 Å². The first-order valence-electron chi connectivity index (χ1n) is 5.85. The highest BCUT2D eigenvalue weighted by atomic mass is 16.5. The maximum atomic E-state index is 10.4. The Morgan fingerprint density at radius 2 is 2.59 bits per heavy atom. The standard InChI is InChI=1S/C11H18N4O2/c1-15-10-4-2-3-9(8(10)7-14-15)13-5-6-17-11(12)16/h7,9,13H,2-6H2,1H3,(H2,12,16). The second-order valence-electron chi connectivity index (χ2n) is 4.24. The summed E-state index contributed by atoms with van der Waals surface area (Å²) >= 11 is 0. The van der Waals surface area contributed by atoms with Crippen LogP contribution >= 0.6 is 0 Å². The Morgan fingerprint density at radius 3 is 3.35 bits per heavy atom. The SMILES string of the molecule is Cn1ncc2c1CCCC2NCCOC(N)=O. The van der Waals surface area contributed by atoms with E-state index in [2.05, 4.69) is 15.2 Å². The monoisotopic (exact) mass is 238 g/mol. The van der Waals surface area contributed by atoms with Crippen LogP contribution in [0.5, 0.6) is 0 Å². The molecule has 3 N–H and O–H groups in total. The molecule has 1 heterocycles. The molecule has 0 radical (unpaired) electrons. The van der Waals surface area contributed by atoms with Crippen molar-refractivity contribution >= 4 is 6.09 Å². The third kappa shape index (κ3) is 2.76. The van der Waals surface area contributed by atoms with E-state index in [1.807, 2.05) is 17.9 Å². The minimum absolute atomic E-state index is 0.307. The predicted molar refractivity (Wildman–Crippen MR) is 62.4 cm³/mol. The summed E-state index contributed by atoms with van der Waals surface area (Å²) in [6.07, 6.45) is 4.52. The van der Waals surface area contributed by atoms with Crippen molar-refractivity contribution in [2.75, 3.05) is 13.2 Å². The van der Waals surface area contributed by atoms with Crippen LogP contribution in [0.3, 0.4) is 0 Å². The van der Waals surface area contributed by atoms with Gasteiger partial charge in [0.25, 0.3) is 0 Å². The van der Waals surface area contributed by atoms with E-state index in [-0.39, 0.29) is 0 Å². The van der Waals surface area contributed by atoms with Crippen LogP contribution in [-0.2, 0) is 18.2 Å². The van der Waals surface area contributed by atoms with Crippen molar-refractivity contribution in [1.82, 2.24) is 15.1 Å². The van der Waals surface area contributed by atoms with Gasteiger partial charge < -0.3 is 15.8 Å². The van der Waals surface area contributed by atoms with Gasteiger partial charge in [0, 0.05) is 30.9 Å². The van der Waals surface area contributed by atoms with Crippen LogP contribution in [-0.4, -0.2) is 29.0 Å². The molecule has 0 fully saturated rings. The highest BCUT2D eigenvalue weighted by Gasteiger charge is 2.22. The summed E-state index contributed by atoms with van der Waals surface area (Å²) < 4.78 is 6.62. The zero-order valence-corrected chi connectivity index (χ0v) is 9.98. The number of rotatable bonds is 4. The molecule has 17 heavy (non-hydrogen) atoms. The summed E-state index contributed by atoms with van der Waals surface area (Å²) in [4.78, 5) is 10.4. The minimum atomic E-state index is -0.725. The number of ether oxygens (including phenoxy) is 1. The first-order chi connectivity index (χ1) is 8.18. The second-order valence-corrected chi connectivity index (χ2v) is 4.24. The van der Waals surface area contributed by atoms with Crippen LogP contribution in [0.1, 0.15) is 30.1 Å². The smallest absolute Gasteiger partial charge is 0.404 e. The highest BCUT2D eigenvalue weighted by molar-refractivity contribution is 5.64. The van der Waals surface area contributed by atoms with E-state index < -0.39 is 6.09 Å².